The fraction of sp³-hybridized carbons (Fsp3) is 0.600. The van der Waals surface area contributed by atoms with Gasteiger partial charge in [-0.2, -0.15) is 0 Å². The third-order valence-corrected chi connectivity index (χ3v) is 2.30. The predicted octanol–water partition coefficient (Wildman–Crippen LogP) is 1.49. The maximum atomic E-state index is 5.39. The van der Waals surface area contributed by atoms with Crippen LogP contribution in [0, 0.1) is 0 Å². The van der Waals surface area contributed by atoms with Crippen LogP contribution in [0.15, 0.2) is 22.8 Å². The Balaban J connectivity index is 2.68. The first-order chi connectivity index (χ1) is 6.29. The molecule has 1 unspecified atom stereocenters. The van der Waals surface area contributed by atoms with Gasteiger partial charge in [-0.25, -0.2) is 0 Å². The number of hydrogen-bond acceptors (Lipinski definition) is 3. The monoisotopic (exact) mass is 182 g/mol. The molecule has 1 rings (SSSR count). The van der Waals surface area contributed by atoms with E-state index in [0.29, 0.717) is 6.04 Å². The van der Waals surface area contributed by atoms with Gasteiger partial charge in [-0.05, 0) is 32.8 Å². The minimum atomic E-state index is 0.338. The zero-order valence-corrected chi connectivity index (χ0v) is 8.58. The molecule has 0 radical (unpaired) electrons. The fourth-order valence-electron chi connectivity index (χ4n) is 1.37. The SMILES string of the molecule is CCN(C)C(CNC)c1ccco1. The molecule has 13 heavy (non-hydrogen) atoms. The number of hydrogen-bond donors (Lipinski definition) is 1. The van der Waals surface area contributed by atoms with E-state index < -0.39 is 0 Å². The van der Waals surface area contributed by atoms with Gasteiger partial charge in [0.2, 0.25) is 0 Å². The molecule has 0 aromatic carbocycles. The molecule has 0 amide bonds. The number of rotatable bonds is 5. The summed E-state index contributed by atoms with van der Waals surface area (Å²) in [5.74, 6) is 1.03. The first-order valence-electron chi connectivity index (χ1n) is 4.67. The van der Waals surface area contributed by atoms with Gasteiger partial charge in [0.1, 0.15) is 5.76 Å². The molecule has 0 saturated heterocycles. The first-order valence-corrected chi connectivity index (χ1v) is 4.67. The Bertz CT molecular complexity index is 221. The Morgan fingerprint density at radius 3 is 2.85 bits per heavy atom. The summed E-state index contributed by atoms with van der Waals surface area (Å²) in [4.78, 5) is 2.26. The molecule has 0 aliphatic carbocycles. The van der Waals surface area contributed by atoms with Crippen LogP contribution in [0.5, 0.6) is 0 Å². The van der Waals surface area contributed by atoms with Crippen molar-refractivity contribution in [1.29, 1.82) is 0 Å². The molecule has 1 aromatic rings. The Morgan fingerprint density at radius 1 is 1.62 bits per heavy atom. The summed E-state index contributed by atoms with van der Waals surface area (Å²) in [5.41, 5.74) is 0. The molecule has 0 spiro atoms. The highest BCUT2D eigenvalue weighted by Gasteiger charge is 2.16. The van der Waals surface area contributed by atoms with Gasteiger partial charge in [-0.3, -0.25) is 4.90 Å². The van der Waals surface area contributed by atoms with Gasteiger partial charge >= 0.3 is 0 Å². The Morgan fingerprint density at radius 2 is 2.38 bits per heavy atom. The number of nitrogens with zero attached hydrogens (tertiary/aromatic N) is 1. The third kappa shape index (κ3) is 2.57. The maximum absolute atomic E-state index is 5.39. The van der Waals surface area contributed by atoms with Gasteiger partial charge in [0, 0.05) is 6.54 Å². The highest BCUT2D eigenvalue weighted by atomic mass is 16.3. The second kappa shape index (κ2) is 5.04. The van der Waals surface area contributed by atoms with Crippen LogP contribution in [0.25, 0.3) is 0 Å². The standard InChI is InChI=1S/C10H18N2O/c1-4-12(3)9(8-11-2)10-6-5-7-13-10/h5-7,9,11H,4,8H2,1-3H3. The van der Waals surface area contributed by atoms with Crippen LogP contribution in [0.1, 0.15) is 18.7 Å². The van der Waals surface area contributed by atoms with E-state index in [-0.39, 0.29) is 0 Å². The van der Waals surface area contributed by atoms with Crippen molar-refractivity contribution in [2.24, 2.45) is 0 Å². The van der Waals surface area contributed by atoms with E-state index in [0.717, 1.165) is 18.8 Å². The van der Waals surface area contributed by atoms with E-state index in [9.17, 15) is 0 Å². The van der Waals surface area contributed by atoms with Crippen LogP contribution >= 0.6 is 0 Å². The zero-order chi connectivity index (χ0) is 9.68. The lowest BCUT2D eigenvalue weighted by atomic mass is 10.2. The highest BCUT2D eigenvalue weighted by molar-refractivity contribution is 5.05. The summed E-state index contributed by atoms with van der Waals surface area (Å²) >= 11 is 0. The Hall–Kier alpha value is -0.800. The van der Waals surface area contributed by atoms with Crippen molar-refractivity contribution < 1.29 is 4.42 Å². The first kappa shape index (κ1) is 10.3. The summed E-state index contributed by atoms with van der Waals surface area (Å²) in [6.45, 7) is 4.08. The molecule has 1 aromatic heterocycles. The summed E-state index contributed by atoms with van der Waals surface area (Å²) in [6.07, 6.45) is 1.72. The van der Waals surface area contributed by atoms with Crippen molar-refractivity contribution in [3.05, 3.63) is 24.2 Å². The summed E-state index contributed by atoms with van der Waals surface area (Å²) in [5, 5.41) is 3.17. The minimum Gasteiger partial charge on any atom is -0.468 e. The van der Waals surface area contributed by atoms with Gasteiger partial charge in [-0.15, -0.1) is 0 Å². The molecular formula is C10H18N2O. The molecule has 0 bridgehead atoms. The molecule has 74 valence electrons. The molecule has 3 heteroatoms. The number of likely N-dealkylation sites (N-methyl/N-ethyl adjacent to an activating group) is 2. The summed E-state index contributed by atoms with van der Waals surface area (Å²) < 4.78 is 5.39. The van der Waals surface area contributed by atoms with Crippen molar-refractivity contribution in [2.45, 2.75) is 13.0 Å². The van der Waals surface area contributed by atoms with Crippen molar-refractivity contribution in [3.63, 3.8) is 0 Å². The van der Waals surface area contributed by atoms with Crippen LogP contribution in [0.3, 0.4) is 0 Å². The largest absolute Gasteiger partial charge is 0.468 e. The average molecular weight is 182 g/mol. The summed E-state index contributed by atoms with van der Waals surface area (Å²) in [7, 11) is 4.06. The van der Waals surface area contributed by atoms with Gasteiger partial charge in [0.25, 0.3) is 0 Å². The normalized spacial score (nSPS) is 13.5. The fourth-order valence-corrected chi connectivity index (χ4v) is 1.37. The lowest BCUT2D eigenvalue weighted by molar-refractivity contribution is 0.222. The van der Waals surface area contributed by atoms with E-state index in [1.165, 1.54) is 0 Å². The molecule has 1 N–H and O–H groups in total. The second-order valence-electron chi connectivity index (χ2n) is 3.16. The summed E-state index contributed by atoms with van der Waals surface area (Å²) in [6, 6.07) is 4.29. The van der Waals surface area contributed by atoms with Gasteiger partial charge in [0.15, 0.2) is 0 Å². The van der Waals surface area contributed by atoms with Crippen LogP contribution < -0.4 is 5.32 Å². The van der Waals surface area contributed by atoms with E-state index in [4.69, 9.17) is 4.42 Å². The quantitative estimate of drug-likeness (QED) is 0.748. The van der Waals surface area contributed by atoms with Gasteiger partial charge in [0.05, 0.1) is 12.3 Å². The molecule has 1 atom stereocenters. The zero-order valence-electron chi connectivity index (χ0n) is 8.58. The van der Waals surface area contributed by atoms with Crippen molar-refractivity contribution in [2.75, 3.05) is 27.2 Å². The van der Waals surface area contributed by atoms with Crippen molar-refractivity contribution in [3.8, 4) is 0 Å². The molecule has 0 aliphatic rings. The smallest absolute Gasteiger partial charge is 0.122 e. The second-order valence-corrected chi connectivity index (χ2v) is 3.16. The third-order valence-electron chi connectivity index (χ3n) is 2.30. The van der Waals surface area contributed by atoms with E-state index in [1.54, 1.807) is 6.26 Å². The minimum absolute atomic E-state index is 0.338. The van der Waals surface area contributed by atoms with Crippen molar-refractivity contribution in [1.82, 2.24) is 10.2 Å². The predicted molar refractivity (Wildman–Crippen MR) is 53.7 cm³/mol. The van der Waals surface area contributed by atoms with Gasteiger partial charge < -0.3 is 9.73 Å². The molecule has 0 fully saturated rings. The van der Waals surface area contributed by atoms with Crippen LogP contribution in [-0.2, 0) is 0 Å². The molecule has 3 nitrogen and oxygen atoms in total. The van der Waals surface area contributed by atoms with Crippen LogP contribution in [-0.4, -0.2) is 32.1 Å². The Labute approximate surface area is 79.7 Å². The lowest BCUT2D eigenvalue weighted by Gasteiger charge is -2.24. The highest BCUT2D eigenvalue weighted by Crippen LogP contribution is 2.18. The topological polar surface area (TPSA) is 28.4 Å². The van der Waals surface area contributed by atoms with Gasteiger partial charge in [-0.1, -0.05) is 6.92 Å². The number of nitrogens with one attached hydrogen (secondary N) is 1. The molecule has 1 heterocycles. The molecule has 0 saturated carbocycles. The molecule has 0 aliphatic heterocycles. The Kier molecular flexibility index (Phi) is 3.99. The number of furan rings is 1. The van der Waals surface area contributed by atoms with Crippen LogP contribution in [0.2, 0.25) is 0 Å². The maximum Gasteiger partial charge on any atom is 0.122 e. The van der Waals surface area contributed by atoms with Crippen LogP contribution in [0.4, 0.5) is 0 Å². The van der Waals surface area contributed by atoms with E-state index in [2.05, 4.69) is 24.2 Å². The van der Waals surface area contributed by atoms with Crippen molar-refractivity contribution >= 4 is 0 Å². The van der Waals surface area contributed by atoms with E-state index in [1.807, 2.05) is 19.2 Å². The average Bonchev–Trinajstić information content (AvgIpc) is 2.65. The molecular weight excluding hydrogens is 164 g/mol. The lowest BCUT2D eigenvalue weighted by Crippen LogP contribution is -2.31. The van der Waals surface area contributed by atoms with E-state index >= 15 is 0 Å².